The van der Waals surface area contributed by atoms with Gasteiger partial charge in [0, 0.05) is 13.1 Å². The van der Waals surface area contributed by atoms with Crippen LogP contribution in [0.1, 0.15) is 6.92 Å². The predicted octanol–water partition coefficient (Wildman–Crippen LogP) is 0.157. The van der Waals surface area contributed by atoms with Crippen molar-refractivity contribution in [1.29, 1.82) is 0 Å². The van der Waals surface area contributed by atoms with Crippen molar-refractivity contribution in [3.05, 3.63) is 30.1 Å². The first-order chi connectivity index (χ1) is 8.99. The van der Waals surface area contributed by atoms with Gasteiger partial charge in [-0.3, -0.25) is 4.79 Å². The van der Waals surface area contributed by atoms with E-state index >= 15 is 0 Å². The summed E-state index contributed by atoms with van der Waals surface area (Å²) in [6.07, 6.45) is -2.76. The Kier molecular flexibility index (Phi) is 4.01. The highest BCUT2D eigenvalue weighted by atomic mass is 19.1. The molecule has 6 heteroatoms. The first kappa shape index (κ1) is 13.8. The molecule has 0 saturated carbocycles. The lowest BCUT2D eigenvalue weighted by molar-refractivity contribution is -0.137. The molecule has 1 aromatic rings. The number of halogens is 1. The molecule has 3 unspecified atom stereocenters. The largest absolute Gasteiger partial charge is 0.478 e. The molecule has 0 bridgehead atoms. The maximum absolute atomic E-state index is 13.4. The minimum absolute atomic E-state index is 0.00337. The number of aliphatic hydroxyl groups is 2. The summed E-state index contributed by atoms with van der Waals surface area (Å²) < 4.78 is 18.6. The fraction of sp³-hybridized carbons (Fsp3) is 0.462. The molecule has 5 nitrogen and oxygen atoms in total. The monoisotopic (exact) mass is 269 g/mol. The van der Waals surface area contributed by atoms with Crippen molar-refractivity contribution in [2.75, 3.05) is 13.1 Å². The summed E-state index contributed by atoms with van der Waals surface area (Å²) in [7, 11) is 0. The van der Waals surface area contributed by atoms with Gasteiger partial charge in [-0.25, -0.2) is 4.39 Å². The molecule has 1 aliphatic heterocycles. The first-order valence-corrected chi connectivity index (χ1v) is 6.05. The van der Waals surface area contributed by atoms with Crippen molar-refractivity contribution in [2.45, 2.75) is 25.2 Å². The second-order valence-electron chi connectivity index (χ2n) is 4.57. The number of β-amino-alcohol motifs (C(OH)–C–C–N with tert-alkyl or cyclic N) is 2. The van der Waals surface area contributed by atoms with Gasteiger partial charge < -0.3 is 19.8 Å². The summed E-state index contributed by atoms with van der Waals surface area (Å²) in [5.41, 5.74) is 0. The van der Waals surface area contributed by atoms with Crippen molar-refractivity contribution in [3.8, 4) is 5.75 Å². The van der Waals surface area contributed by atoms with Crippen LogP contribution in [0.25, 0.3) is 0 Å². The van der Waals surface area contributed by atoms with E-state index in [0.717, 1.165) is 0 Å². The molecule has 1 amide bonds. The van der Waals surface area contributed by atoms with Crippen LogP contribution in [0.4, 0.5) is 4.39 Å². The van der Waals surface area contributed by atoms with E-state index in [1.807, 2.05) is 0 Å². The third-order valence-electron chi connectivity index (χ3n) is 3.06. The van der Waals surface area contributed by atoms with Gasteiger partial charge in [0.15, 0.2) is 17.7 Å². The topological polar surface area (TPSA) is 70.0 Å². The third-order valence-corrected chi connectivity index (χ3v) is 3.06. The molecule has 104 valence electrons. The maximum atomic E-state index is 13.4. The maximum Gasteiger partial charge on any atom is 0.263 e. The molecule has 1 saturated heterocycles. The van der Waals surface area contributed by atoms with Crippen LogP contribution >= 0.6 is 0 Å². The summed E-state index contributed by atoms with van der Waals surface area (Å²) in [5, 5.41) is 18.8. The van der Waals surface area contributed by atoms with E-state index in [1.54, 1.807) is 6.07 Å². The van der Waals surface area contributed by atoms with Gasteiger partial charge in [0.25, 0.3) is 5.91 Å². The Bertz CT molecular complexity index is 458. The Morgan fingerprint density at radius 2 is 1.95 bits per heavy atom. The van der Waals surface area contributed by atoms with Crippen LogP contribution < -0.4 is 4.74 Å². The number of nitrogens with zero attached hydrogens (tertiary/aromatic N) is 1. The number of ether oxygens (including phenoxy) is 1. The molecule has 3 atom stereocenters. The number of carbonyl (C=O) groups is 1. The zero-order chi connectivity index (χ0) is 14.0. The molecule has 1 fully saturated rings. The Hall–Kier alpha value is -1.66. The van der Waals surface area contributed by atoms with Crippen LogP contribution in [0.3, 0.4) is 0 Å². The number of aliphatic hydroxyl groups excluding tert-OH is 2. The average molecular weight is 269 g/mol. The molecular weight excluding hydrogens is 253 g/mol. The quantitative estimate of drug-likeness (QED) is 0.820. The summed E-state index contributed by atoms with van der Waals surface area (Å²) in [4.78, 5) is 13.3. The van der Waals surface area contributed by atoms with Gasteiger partial charge in [0.05, 0.1) is 12.2 Å². The first-order valence-electron chi connectivity index (χ1n) is 6.05. The number of benzene rings is 1. The molecule has 0 aliphatic carbocycles. The standard InChI is InChI=1S/C13H16FNO4/c1-8(19-12-5-3-2-4-9(12)14)13(18)15-6-10(16)11(17)7-15/h2-5,8,10-11,16-17H,6-7H2,1H3. The van der Waals surface area contributed by atoms with E-state index in [9.17, 15) is 19.4 Å². The molecule has 1 heterocycles. The number of amides is 1. The van der Waals surface area contributed by atoms with Gasteiger partial charge in [0.2, 0.25) is 0 Å². The van der Waals surface area contributed by atoms with Crippen LogP contribution in [0.15, 0.2) is 24.3 Å². The van der Waals surface area contributed by atoms with Crippen LogP contribution in [-0.4, -0.2) is 52.4 Å². The fourth-order valence-corrected chi connectivity index (χ4v) is 1.99. The molecular formula is C13H16FNO4. The predicted molar refractivity (Wildman–Crippen MR) is 65.1 cm³/mol. The minimum Gasteiger partial charge on any atom is -0.478 e. The summed E-state index contributed by atoms with van der Waals surface area (Å²) in [6, 6.07) is 5.82. The van der Waals surface area contributed by atoms with E-state index in [-0.39, 0.29) is 24.7 Å². The zero-order valence-electron chi connectivity index (χ0n) is 10.5. The molecule has 2 N–H and O–H groups in total. The van der Waals surface area contributed by atoms with Crippen LogP contribution in [0, 0.1) is 5.82 Å². The van der Waals surface area contributed by atoms with Crippen molar-refractivity contribution in [1.82, 2.24) is 4.90 Å². The number of para-hydroxylation sites is 1. The van der Waals surface area contributed by atoms with Gasteiger partial charge in [0.1, 0.15) is 0 Å². The smallest absolute Gasteiger partial charge is 0.263 e. The molecule has 1 aromatic carbocycles. The number of rotatable bonds is 3. The number of hydrogen-bond donors (Lipinski definition) is 2. The summed E-state index contributed by atoms with van der Waals surface area (Å²) >= 11 is 0. The normalized spacial score (nSPS) is 24.3. The molecule has 0 aromatic heterocycles. The average Bonchev–Trinajstić information content (AvgIpc) is 2.71. The van der Waals surface area contributed by atoms with Crippen LogP contribution in [0.5, 0.6) is 5.75 Å². The van der Waals surface area contributed by atoms with Crippen LogP contribution in [-0.2, 0) is 4.79 Å². The molecule has 0 spiro atoms. The van der Waals surface area contributed by atoms with Crippen molar-refractivity contribution >= 4 is 5.91 Å². The highest BCUT2D eigenvalue weighted by molar-refractivity contribution is 5.81. The van der Waals surface area contributed by atoms with Crippen molar-refractivity contribution in [2.24, 2.45) is 0 Å². The SMILES string of the molecule is CC(Oc1ccccc1F)C(=O)N1CC(O)C(O)C1. The Morgan fingerprint density at radius 3 is 2.53 bits per heavy atom. The number of hydrogen-bond acceptors (Lipinski definition) is 4. The second-order valence-corrected chi connectivity index (χ2v) is 4.57. The van der Waals surface area contributed by atoms with Gasteiger partial charge in [-0.05, 0) is 19.1 Å². The Morgan fingerprint density at radius 1 is 1.37 bits per heavy atom. The Labute approximate surface area is 110 Å². The van der Waals surface area contributed by atoms with Gasteiger partial charge in [-0.1, -0.05) is 12.1 Å². The lowest BCUT2D eigenvalue weighted by Crippen LogP contribution is -2.39. The van der Waals surface area contributed by atoms with Crippen LogP contribution in [0.2, 0.25) is 0 Å². The highest BCUT2D eigenvalue weighted by Crippen LogP contribution is 2.19. The molecule has 2 rings (SSSR count). The summed E-state index contributed by atoms with van der Waals surface area (Å²) in [6.45, 7) is 1.63. The Balaban J connectivity index is 1.99. The van der Waals surface area contributed by atoms with E-state index in [4.69, 9.17) is 4.74 Å². The third kappa shape index (κ3) is 3.02. The number of likely N-dealkylation sites (tertiary alicyclic amines) is 1. The lowest BCUT2D eigenvalue weighted by atomic mass is 10.3. The van der Waals surface area contributed by atoms with Gasteiger partial charge >= 0.3 is 0 Å². The van der Waals surface area contributed by atoms with Gasteiger partial charge in [-0.15, -0.1) is 0 Å². The number of carbonyl (C=O) groups excluding carboxylic acids is 1. The summed E-state index contributed by atoms with van der Waals surface area (Å²) in [5.74, 6) is -0.925. The lowest BCUT2D eigenvalue weighted by Gasteiger charge is -2.21. The van der Waals surface area contributed by atoms with Crippen molar-refractivity contribution in [3.63, 3.8) is 0 Å². The zero-order valence-corrected chi connectivity index (χ0v) is 10.5. The molecule has 19 heavy (non-hydrogen) atoms. The van der Waals surface area contributed by atoms with E-state index < -0.39 is 24.1 Å². The molecule has 1 aliphatic rings. The fourth-order valence-electron chi connectivity index (χ4n) is 1.99. The molecule has 0 radical (unpaired) electrons. The second kappa shape index (κ2) is 5.54. The van der Waals surface area contributed by atoms with E-state index in [0.29, 0.717) is 0 Å². The minimum atomic E-state index is -0.940. The van der Waals surface area contributed by atoms with E-state index in [2.05, 4.69) is 0 Å². The van der Waals surface area contributed by atoms with E-state index in [1.165, 1.54) is 30.0 Å². The van der Waals surface area contributed by atoms with Crippen molar-refractivity contribution < 1.29 is 24.1 Å². The highest BCUT2D eigenvalue weighted by Gasteiger charge is 2.35. The van der Waals surface area contributed by atoms with Gasteiger partial charge in [-0.2, -0.15) is 0 Å².